The highest BCUT2D eigenvalue weighted by atomic mass is 35.5. The minimum Gasteiger partial charge on any atom is -0.483 e. The summed E-state index contributed by atoms with van der Waals surface area (Å²) >= 11 is 0. The topological polar surface area (TPSA) is 55.6 Å². The molecule has 1 fully saturated rings. The van der Waals surface area contributed by atoms with E-state index in [-0.39, 0.29) is 31.0 Å². The van der Waals surface area contributed by atoms with Crippen molar-refractivity contribution in [1.29, 1.82) is 0 Å². The zero-order valence-corrected chi connectivity index (χ0v) is 13.9. The summed E-state index contributed by atoms with van der Waals surface area (Å²) in [7, 11) is 0. The van der Waals surface area contributed by atoms with Crippen LogP contribution >= 0.6 is 12.4 Å². The van der Waals surface area contributed by atoms with Gasteiger partial charge in [-0.3, -0.25) is 4.79 Å². The second-order valence-electron chi connectivity index (χ2n) is 5.74. The highest BCUT2D eigenvalue weighted by Crippen LogP contribution is 2.25. The monoisotopic (exact) mass is 334 g/mol. The third-order valence-corrected chi connectivity index (χ3v) is 4.32. The number of hydrogen-bond donors (Lipinski definition) is 1. The lowest BCUT2D eigenvalue weighted by Crippen LogP contribution is -2.49. The highest BCUT2D eigenvalue weighted by molar-refractivity contribution is 5.88. The zero-order valence-electron chi connectivity index (χ0n) is 13.1. The number of rotatable bonds is 4. The lowest BCUT2D eigenvalue weighted by molar-refractivity contribution is -0.136. The first-order chi connectivity index (χ1) is 10.8. The van der Waals surface area contributed by atoms with E-state index >= 15 is 0 Å². The smallest absolute Gasteiger partial charge is 0.260 e. The molecule has 1 atom stereocenters. The van der Waals surface area contributed by atoms with Crippen molar-refractivity contribution in [2.24, 2.45) is 5.73 Å². The second kappa shape index (κ2) is 8.18. The third-order valence-electron chi connectivity index (χ3n) is 4.32. The predicted molar refractivity (Wildman–Crippen MR) is 95.1 cm³/mol. The van der Waals surface area contributed by atoms with Crippen LogP contribution in [-0.4, -0.2) is 36.5 Å². The molecule has 124 valence electrons. The summed E-state index contributed by atoms with van der Waals surface area (Å²) < 4.78 is 5.80. The van der Waals surface area contributed by atoms with Crippen molar-refractivity contribution in [2.45, 2.75) is 25.3 Å². The molecule has 1 unspecified atom stereocenters. The summed E-state index contributed by atoms with van der Waals surface area (Å²) in [5, 5.41) is 2.15. The molecule has 4 nitrogen and oxygen atoms in total. The number of amides is 1. The van der Waals surface area contributed by atoms with Gasteiger partial charge in [-0.05, 0) is 30.7 Å². The zero-order chi connectivity index (χ0) is 15.4. The third kappa shape index (κ3) is 3.95. The number of halogens is 1. The molecule has 3 rings (SSSR count). The Labute approximate surface area is 143 Å². The standard InChI is InChI=1S/C18H22N2O2.ClH/c19-12-15-8-3-4-11-20(15)18(21)13-22-17-10-5-7-14-6-1-2-9-16(14)17;/h1-2,5-7,9-10,15H,3-4,8,11-13,19H2;1H. The van der Waals surface area contributed by atoms with Crippen LogP contribution < -0.4 is 10.5 Å². The van der Waals surface area contributed by atoms with Gasteiger partial charge >= 0.3 is 0 Å². The van der Waals surface area contributed by atoms with E-state index in [0.29, 0.717) is 6.54 Å². The van der Waals surface area contributed by atoms with E-state index in [1.807, 2.05) is 47.4 Å². The molecule has 1 aliphatic rings. The Balaban J connectivity index is 0.00000192. The fourth-order valence-electron chi connectivity index (χ4n) is 3.12. The van der Waals surface area contributed by atoms with E-state index in [0.717, 1.165) is 42.3 Å². The number of hydrogen-bond acceptors (Lipinski definition) is 3. The van der Waals surface area contributed by atoms with Gasteiger partial charge in [0, 0.05) is 24.5 Å². The van der Waals surface area contributed by atoms with Crippen LogP contribution in [0.25, 0.3) is 10.8 Å². The summed E-state index contributed by atoms with van der Waals surface area (Å²) in [6.07, 6.45) is 3.20. The summed E-state index contributed by atoms with van der Waals surface area (Å²) in [4.78, 5) is 14.3. The van der Waals surface area contributed by atoms with Crippen LogP contribution in [0.15, 0.2) is 42.5 Å². The summed E-state index contributed by atoms with van der Waals surface area (Å²) in [6, 6.07) is 14.1. The lowest BCUT2D eigenvalue weighted by atomic mass is 10.0. The Bertz CT molecular complexity index is 657. The van der Waals surface area contributed by atoms with Gasteiger partial charge in [0.15, 0.2) is 6.61 Å². The number of likely N-dealkylation sites (tertiary alicyclic amines) is 1. The fraction of sp³-hybridized carbons (Fsp3) is 0.389. The van der Waals surface area contributed by atoms with E-state index in [1.165, 1.54) is 0 Å². The first-order valence-corrected chi connectivity index (χ1v) is 7.89. The van der Waals surface area contributed by atoms with Gasteiger partial charge in [-0.2, -0.15) is 0 Å². The van der Waals surface area contributed by atoms with E-state index < -0.39 is 0 Å². The molecule has 0 saturated carbocycles. The largest absolute Gasteiger partial charge is 0.483 e. The molecule has 5 heteroatoms. The first-order valence-electron chi connectivity index (χ1n) is 7.89. The molecule has 1 heterocycles. The van der Waals surface area contributed by atoms with Crippen LogP contribution in [0.5, 0.6) is 5.75 Å². The minimum atomic E-state index is 0. The van der Waals surface area contributed by atoms with Gasteiger partial charge in [0.05, 0.1) is 0 Å². The molecule has 0 aromatic heterocycles. The molecule has 0 radical (unpaired) electrons. The molecule has 0 aliphatic carbocycles. The fourth-order valence-corrected chi connectivity index (χ4v) is 3.12. The number of fused-ring (bicyclic) bond motifs is 1. The van der Waals surface area contributed by atoms with E-state index in [2.05, 4.69) is 0 Å². The van der Waals surface area contributed by atoms with Crippen molar-refractivity contribution in [3.63, 3.8) is 0 Å². The number of nitrogens with two attached hydrogens (primary N) is 1. The van der Waals surface area contributed by atoms with Gasteiger partial charge in [-0.1, -0.05) is 36.4 Å². The number of ether oxygens (including phenoxy) is 1. The molecule has 2 N–H and O–H groups in total. The molecular weight excluding hydrogens is 312 g/mol. The Morgan fingerprint density at radius 3 is 2.78 bits per heavy atom. The number of piperidine rings is 1. The van der Waals surface area contributed by atoms with Crippen LogP contribution in [0.2, 0.25) is 0 Å². The number of nitrogens with zero attached hydrogens (tertiary/aromatic N) is 1. The first kappa shape index (κ1) is 17.6. The minimum absolute atomic E-state index is 0. The number of carbonyl (C=O) groups is 1. The molecule has 1 amide bonds. The average molecular weight is 335 g/mol. The van der Waals surface area contributed by atoms with Crippen LogP contribution in [0, 0.1) is 0 Å². The Morgan fingerprint density at radius 1 is 1.17 bits per heavy atom. The van der Waals surface area contributed by atoms with Gasteiger partial charge in [-0.15, -0.1) is 12.4 Å². The van der Waals surface area contributed by atoms with Crippen LogP contribution in [0.1, 0.15) is 19.3 Å². The molecule has 2 aromatic rings. The highest BCUT2D eigenvalue weighted by Gasteiger charge is 2.25. The average Bonchev–Trinajstić information content (AvgIpc) is 2.59. The SMILES string of the molecule is Cl.NCC1CCCCN1C(=O)COc1cccc2ccccc12. The number of benzene rings is 2. The molecule has 0 spiro atoms. The van der Waals surface area contributed by atoms with Gasteiger partial charge < -0.3 is 15.4 Å². The van der Waals surface area contributed by atoms with E-state index in [9.17, 15) is 4.79 Å². The Morgan fingerprint density at radius 2 is 1.96 bits per heavy atom. The van der Waals surface area contributed by atoms with E-state index in [1.54, 1.807) is 0 Å². The summed E-state index contributed by atoms with van der Waals surface area (Å²) in [6.45, 7) is 1.39. The lowest BCUT2D eigenvalue weighted by Gasteiger charge is -2.35. The quantitative estimate of drug-likeness (QED) is 0.935. The van der Waals surface area contributed by atoms with Crippen LogP contribution in [0.4, 0.5) is 0 Å². The molecular formula is C18H23ClN2O2. The van der Waals surface area contributed by atoms with Crippen molar-refractivity contribution in [3.05, 3.63) is 42.5 Å². The maximum Gasteiger partial charge on any atom is 0.260 e. The molecule has 23 heavy (non-hydrogen) atoms. The second-order valence-corrected chi connectivity index (χ2v) is 5.74. The Hall–Kier alpha value is -1.78. The maximum absolute atomic E-state index is 12.4. The van der Waals surface area contributed by atoms with Crippen molar-refractivity contribution in [2.75, 3.05) is 19.7 Å². The maximum atomic E-state index is 12.4. The molecule has 0 bridgehead atoms. The predicted octanol–water partition coefficient (Wildman–Crippen LogP) is 2.98. The normalized spacial score (nSPS) is 17.6. The van der Waals surface area contributed by atoms with Crippen LogP contribution in [0.3, 0.4) is 0 Å². The number of carbonyl (C=O) groups excluding carboxylic acids is 1. The molecule has 2 aromatic carbocycles. The van der Waals surface area contributed by atoms with Crippen molar-refractivity contribution < 1.29 is 9.53 Å². The van der Waals surface area contributed by atoms with Gasteiger partial charge in [0.2, 0.25) is 0 Å². The van der Waals surface area contributed by atoms with Crippen molar-refractivity contribution in [3.8, 4) is 5.75 Å². The van der Waals surface area contributed by atoms with Gasteiger partial charge in [-0.25, -0.2) is 0 Å². The Kier molecular flexibility index (Phi) is 6.25. The van der Waals surface area contributed by atoms with Crippen molar-refractivity contribution in [1.82, 2.24) is 4.90 Å². The molecule has 1 aliphatic heterocycles. The molecule has 1 saturated heterocycles. The summed E-state index contributed by atoms with van der Waals surface area (Å²) in [5.74, 6) is 0.788. The van der Waals surface area contributed by atoms with Crippen molar-refractivity contribution >= 4 is 29.1 Å². The van der Waals surface area contributed by atoms with Crippen LogP contribution in [-0.2, 0) is 4.79 Å². The summed E-state index contributed by atoms with van der Waals surface area (Å²) in [5.41, 5.74) is 5.78. The van der Waals surface area contributed by atoms with E-state index in [4.69, 9.17) is 10.5 Å². The van der Waals surface area contributed by atoms with Gasteiger partial charge in [0.25, 0.3) is 5.91 Å². The van der Waals surface area contributed by atoms with Gasteiger partial charge in [0.1, 0.15) is 5.75 Å².